The first-order valence-electron chi connectivity index (χ1n) is 7.44. The van der Waals surface area contributed by atoms with E-state index < -0.39 is 5.92 Å². The van der Waals surface area contributed by atoms with E-state index in [9.17, 15) is 14.9 Å². The first-order chi connectivity index (χ1) is 11.2. The van der Waals surface area contributed by atoms with Crippen LogP contribution in [-0.4, -0.2) is 16.7 Å². The standard InChI is InChI=1S/C18H15N3O2/c19-11-15(16-6-1-2-9-20-16)17(22)13-4-3-5-14(10-13)21-18(23)12-7-8-12/h1-6,9-10,12,15H,7-8H2,(H,21,23). The summed E-state index contributed by atoms with van der Waals surface area (Å²) in [5, 5.41) is 12.1. The van der Waals surface area contributed by atoms with Gasteiger partial charge in [-0.25, -0.2) is 0 Å². The van der Waals surface area contributed by atoms with Crippen molar-refractivity contribution in [1.29, 1.82) is 5.26 Å². The first kappa shape index (κ1) is 14.9. The molecule has 5 heteroatoms. The van der Waals surface area contributed by atoms with Gasteiger partial charge >= 0.3 is 0 Å². The van der Waals surface area contributed by atoms with E-state index in [4.69, 9.17) is 0 Å². The predicted octanol–water partition coefficient (Wildman–Crippen LogP) is 2.92. The number of rotatable bonds is 5. The molecule has 1 atom stereocenters. The Hall–Kier alpha value is -3.00. The van der Waals surface area contributed by atoms with E-state index in [1.807, 2.05) is 6.07 Å². The molecule has 3 rings (SSSR count). The zero-order valence-electron chi connectivity index (χ0n) is 12.4. The molecule has 1 aliphatic rings. The molecule has 0 bridgehead atoms. The number of aromatic nitrogens is 1. The van der Waals surface area contributed by atoms with Gasteiger partial charge in [-0.3, -0.25) is 14.6 Å². The Morgan fingerprint density at radius 2 is 2.04 bits per heavy atom. The van der Waals surface area contributed by atoms with Crippen LogP contribution in [0, 0.1) is 17.2 Å². The van der Waals surface area contributed by atoms with Gasteiger partial charge in [0.15, 0.2) is 11.7 Å². The monoisotopic (exact) mass is 305 g/mol. The molecule has 0 radical (unpaired) electrons. The summed E-state index contributed by atoms with van der Waals surface area (Å²) in [6, 6.07) is 13.8. The number of ketones is 1. The molecule has 23 heavy (non-hydrogen) atoms. The van der Waals surface area contributed by atoms with E-state index in [1.54, 1.807) is 48.7 Å². The highest BCUT2D eigenvalue weighted by Crippen LogP contribution is 2.30. The van der Waals surface area contributed by atoms with Crippen LogP contribution < -0.4 is 5.32 Å². The van der Waals surface area contributed by atoms with Crippen LogP contribution in [0.3, 0.4) is 0 Å². The third-order valence-corrected chi connectivity index (χ3v) is 3.74. The third-order valence-electron chi connectivity index (χ3n) is 3.74. The van der Waals surface area contributed by atoms with Crippen LogP contribution >= 0.6 is 0 Å². The minimum Gasteiger partial charge on any atom is -0.326 e. The molecule has 0 aliphatic heterocycles. The van der Waals surface area contributed by atoms with Crippen LogP contribution in [0.25, 0.3) is 0 Å². The Balaban J connectivity index is 1.81. The molecule has 1 amide bonds. The lowest BCUT2D eigenvalue weighted by Gasteiger charge is -2.10. The van der Waals surface area contributed by atoms with Crippen molar-refractivity contribution in [3.63, 3.8) is 0 Å². The highest BCUT2D eigenvalue weighted by atomic mass is 16.2. The van der Waals surface area contributed by atoms with E-state index in [0.29, 0.717) is 16.9 Å². The molecule has 5 nitrogen and oxygen atoms in total. The van der Waals surface area contributed by atoms with Gasteiger partial charge in [0.2, 0.25) is 5.91 Å². The van der Waals surface area contributed by atoms with Crippen LogP contribution in [0.2, 0.25) is 0 Å². The maximum Gasteiger partial charge on any atom is 0.227 e. The average molecular weight is 305 g/mol. The van der Waals surface area contributed by atoms with Crippen molar-refractivity contribution in [3.8, 4) is 6.07 Å². The van der Waals surface area contributed by atoms with Crippen molar-refractivity contribution >= 4 is 17.4 Å². The molecule has 0 spiro atoms. The fourth-order valence-electron chi connectivity index (χ4n) is 2.31. The zero-order valence-corrected chi connectivity index (χ0v) is 12.4. The third kappa shape index (κ3) is 3.43. The minimum absolute atomic E-state index is 0.0174. The van der Waals surface area contributed by atoms with Crippen LogP contribution in [0.5, 0.6) is 0 Å². The summed E-state index contributed by atoms with van der Waals surface area (Å²) in [6.07, 6.45) is 3.39. The summed E-state index contributed by atoms with van der Waals surface area (Å²) in [4.78, 5) is 28.5. The fraction of sp³-hybridized carbons (Fsp3) is 0.222. The SMILES string of the molecule is N#CC(C(=O)c1cccc(NC(=O)C2CC2)c1)c1ccccn1. The number of carbonyl (C=O) groups is 2. The minimum atomic E-state index is -0.953. The molecule has 1 heterocycles. The zero-order chi connectivity index (χ0) is 16.2. The lowest BCUT2D eigenvalue weighted by atomic mass is 9.95. The van der Waals surface area contributed by atoms with Gasteiger partial charge in [0.05, 0.1) is 11.8 Å². The van der Waals surface area contributed by atoms with Crippen molar-refractivity contribution in [1.82, 2.24) is 4.98 Å². The van der Waals surface area contributed by atoms with Crippen molar-refractivity contribution in [2.45, 2.75) is 18.8 Å². The second-order valence-electron chi connectivity index (χ2n) is 5.53. The molecule has 1 saturated carbocycles. The van der Waals surface area contributed by atoms with Gasteiger partial charge < -0.3 is 5.32 Å². The highest BCUT2D eigenvalue weighted by Gasteiger charge is 2.29. The number of amides is 1. The number of anilines is 1. The highest BCUT2D eigenvalue weighted by molar-refractivity contribution is 6.04. The van der Waals surface area contributed by atoms with Crippen LogP contribution in [-0.2, 0) is 4.79 Å². The summed E-state index contributed by atoms with van der Waals surface area (Å²) in [7, 11) is 0. The Labute approximate surface area is 134 Å². The molecule has 1 unspecified atom stereocenters. The number of hydrogen-bond acceptors (Lipinski definition) is 4. The summed E-state index contributed by atoms with van der Waals surface area (Å²) < 4.78 is 0. The van der Waals surface area contributed by atoms with Gasteiger partial charge in [-0.05, 0) is 37.1 Å². The molecule has 0 saturated heterocycles. The molecule has 1 aromatic heterocycles. The van der Waals surface area contributed by atoms with Gasteiger partial charge in [0.1, 0.15) is 0 Å². The number of nitrogens with one attached hydrogen (secondary N) is 1. The molecule has 2 aromatic rings. The van der Waals surface area contributed by atoms with E-state index >= 15 is 0 Å². The Kier molecular flexibility index (Phi) is 4.15. The Bertz CT molecular complexity index is 776. The van der Waals surface area contributed by atoms with Crippen molar-refractivity contribution < 1.29 is 9.59 Å². The number of Topliss-reactive ketones (excluding diaryl/α,β-unsaturated/α-hetero) is 1. The molecule has 1 fully saturated rings. The Morgan fingerprint density at radius 1 is 1.22 bits per heavy atom. The van der Waals surface area contributed by atoms with Crippen LogP contribution in [0.15, 0.2) is 48.7 Å². The van der Waals surface area contributed by atoms with Crippen LogP contribution in [0.4, 0.5) is 5.69 Å². The van der Waals surface area contributed by atoms with Crippen molar-refractivity contribution in [3.05, 3.63) is 59.9 Å². The number of carbonyl (C=O) groups excluding carboxylic acids is 2. The van der Waals surface area contributed by atoms with E-state index in [1.165, 1.54) is 0 Å². The topological polar surface area (TPSA) is 82.9 Å². The number of nitrogens with zero attached hydrogens (tertiary/aromatic N) is 2. The lowest BCUT2D eigenvalue weighted by Crippen LogP contribution is -2.15. The normalized spacial score (nSPS) is 14.6. The van der Waals surface area contributed by atoms with Crippen molar-refractivity contribution in [2.24, 2.45) is 5.92 Å². The lowest BCUT2D eigenvalue weighted by molar-refractivity contribution is -0.117. The van der Waals surface area contributed by atoms with Gasteiger partial charge in [0.25, 0.3) is 0 Å². The van der Waals surface area contributed by atoms with Gasteiger partial charge in [-0.2, -0.15) is 5.26 Å². The number of pyridine rings is 1. The molecular weight excluding hydrogens is 290 g/mol. The molecule has 1 N–H and O–H groups in total. The summed E-state index contributed by atoms with van der Waals surface area (Å²) in [5.41, 5.74) is 1.38. The maximum absolute atomic E-state index is 12.6. The van der Waals surface area contributed by atoms with Gasteiger partial charge in [-0.15, -0.1) is 0 Å². The molecular formula is C18H15N3O2. The smallest absolute Gasteiger partial charge is 0.227 e. The molecule has 1 aliphatic carbocycles. The quantitative estimate of drug-likeness (QED) is 0.861. The average Bonchev–Trinajstić information content (AvgIpc) is 3.42. The summed E-state index contributed by atoms with van der Waals surface area (Å²) >= 11 is 0. The second kappa shape index (κ2) is 6.41. The largest absolute Gasteiger partial charge is 0.326 e. The first-order valence-corrected chi connectivity index (χ1v) is 7.44. The molecule has 1 aromatic carbocycles. The predicted molar refractivity (Wildman–Crippen MR) is 84.7 cm³/mol. The Morgan fingerprint density at radius 3 is 2.70 bits per heavy atom. The fourth-order valence-corrected chi connectivity index (χ4v) is 2.31. The molecule has 114 valence electrons. The summed E-state index contributed by atoms with van der Waals surface area (Å²) in [5.74, 6) is -1.20. The van der Waals surface area contributed by atoms with E-state index in [-0.39, 0.29) is 17.6 Å². The van der Waals surface area contributed by atoms with E-state index in [2.05, 4.69) is 10.3 Å². The maximum atomic E-state index is 12.6. The summed E-state index contributed by atoms with van der Waals surface area (Å²) in [6.45, 7) is 0. The number of benzene rings is 1. The van der Waals surface area contributed by atoms with E-state index in [0.717, 1.165) is 12.8 Å². The van der Waals surface area contributed by atoms with Gasteiger partial charge in [0, 0.05) is 23.4 Å². The van der Waals surface area contributed by atoms with Crippen LogP contribution in [0.1, 0.15) is 34.8 Å². The van der Waals surface area contributed by atoms with Crippen molar-refractivity contribution in [2.75, 3.05) is 5.32 Å². The second-order valence-corrected chi connectivity index (χ2v) is 5.53. The number of nitriles is 1. The number of hydrogen-bond donors (Lipinski definition) is 1. The van der Waals surface area contributed by atoms with Gasteiger partial charge in [-0.1, -0.05) is 18.2 Å².